The van der Waals surface area contributed by atoms with Crippen LogP contribution in [0.1, 0.15) is 55.8 Å². The van der Waals surface area contributed by atoms with Crippen molar-refractivity contribution in [3.63, 3.8) is 0 Å². The van der Waals surface area contributed by atoms with Crippen molar-refractivity contribution in [2.24, 2.45) is 0 Å². The first-order chi connectivity index (χ1) is 13.8. The number of carbonyl (C=O) groups is 3. The number of rotatable bonds is 7. The quantitative estimate of drug-likeness (QED) is 0.700. The maximum Gasteiger partial charge on any atom is 0.268 e. The zero-order valence-corrected chi connectivity index (χ0v) is 18.0. The van der Waals surface area contributed by atoms with E-state index < -0.39 is 6.10 Å². The van der Waals surface area contributed by atoms with Crippen molar-refractivity contribution >= 4 is 34.6 Å². The molecular formula is C22H26N2O4S. The number of hydrogen-bond acceptors (Lipinski definition) is 5. The Hall–Kier alpha value is -2.67. The van der Waals surface area contributed by atoms with Crippen LogP contribution in [0.15, 0.2) is 35.7 Å². The van der Waals surface area contributed by atoms with Gasteiger partial charge in [-0.2, -0.15) is 0 Å². The van der Waals surface area contributed by atoms with Crippen LogP contribution >= 0.6 is 11.3 Å². The minimum absolute atomic E-state index is 0.119. The summed E-state index contributed by atoms with van der Waals surface area (Å²) >= 11 is 1.36. The van der Waals surface area contributed by atoms with Crippen LogP contribution in [0.3, 0.4) is 0 Å². The fourth-order valence-electron chi connectivity index (χ4n) is 3.09. The Balaban J connectivity index is 1.93. The van der Waals surface area contributed by atoms with Gasteiger partial charge >= 0.3 is 0 Å². The lowest BCUT2D eigenvalue weighted by molar-refractivity contribution is -0.129. The molecule has 6 nitrogen and oxygen atoms in total. The van der Waals surface area contributed by atoms with Gasteiger partial charge in [-0.1, -0.05) is 19.9 Å². The Bertz CT molecular complexity index is 921. The Morgan fingerprint density at radius 3 is 2.62 bits per heavy atom. The van der Waals surface area contributed by atoms with E-state index in [2.05, 4.69) is 5.32 Å². The lowest BCUT2D eigenvalue weighted by Crippen LogP contribution is -2.52. The summed E-state index contributed by atoms with van der Waals surface area (Å²) in [5, 5.41) is 4.80. The Morgan fingerprint density at radius 2 is 2.00 bits per heavy atom. The van der Waals surface area contributed by atoms with Crippen LogP contribution in [0.5, 0.6) is 5.75 Å². The van der Waals surface area contributed by atoms with E-state index in [-0.39, 0.29) is 29.7 Å². The third-order valence-electron chi connectivity index (χ3n) is 5.10. The molecule has 2 aromatic rings. The summed E-state index contributed by atoms with van der Waals surface area (Å²) in [7, 11) is 0. The van der Waals surface area contributed by atoms with Crippen molar-refractivity contribution in [3.05, 3.63) is 46.2 Å². The minimum Gasteiger partial charge on any atom is -0.478 e. The number of ketones is 1. The first-order valence-corrected chi connectivity index (χ1v) is 10.6. The molecule has 0 radical (unpaired) electrons. The second kappa shape index (κ2) is 8.37. The summed E-state index contributed by atoms with van der Waals surface area (Å²) in [6, 6.07) is 8.62. The predicted octanol–water partition coefficient (Wildman–Crippen LogP) is 3.79. The molecule has 1 atom stereocenters. The van der Waals surface area contributed by atoms with Crippen LogP contribution in [0.2, 0.25) is 0 Å². The van der Waals surface area contributed by atoms with Gasteiger partial charge < -0.3 is 10.1 Å². The van der Waals surface area contributed by atoms with Crippen molar-refractivity contribution < 1.29 is 19.1 Å². The van der Waals surface area contributed by atoms with Gasteiger partial charge in [-0.3, -0.25) is 19.3 Å². The van der Waals surface area contributed by atoms with Gasteiger partial charge in [-0.05, 0) is 56.3 Å². The molecular weight excluding hydrogens is 388 g/mol. The van der Waals surface area contributed by atoms with Crippen LogP contribution in [0.4, 0.5) is 5.69 Å². The van der Waals surface area contributed by atoms with Gasteiger partial charge in [0.05, 0.1) is 10.6 Å². The average Bonchev–Trinajstić information content (AvgIpc) is 3.23. The lowest BCUT2D eigenvalue weighted by atomic mass is 10.0. The monoisotopic (exact) mass is 414 g/mol. The zero-order chi connectivity index (χ0) is 21.2. The second-order valence-corrected chi connectivity index (χ2v) is 8.66. The maximum absolute atomic E-state index is 12.9. The highest BCUT2D eigenvalue weighted by atomic mass is 32.1. The number of fused-ring (bicyclic) bond motifs is 1. The Labute approximate surface area is 174 Å². The molecule has 154 valence electrons. The predicted molar refractivity (Wildman–Crippen MR) is 114 cm³/mol. The molecule has 3 rings (SSSR count). The molecule has 0 aliphatic carbocycles. The molecule has 7 heteroatoms. The molecule has 29 heavy (non-hydrogen) atoms. The maximum atomic E-state index is 12.9. The van der Waals surface area contributed by atoms with Crippen LogP contribution in [0.25, 0.3) is 0 Å². The Morgan fingerprint density at radius 1 is 1.24 bits per heavy atom. The number of amides is 2. The van der Waals surface area contributed by atoms with Crippen molar-refractivity contribution in [2.75, 3.05) is 11.4 Å². The van der Waals surface area contributed by atoms with E-state index >= 15 is 0 Å². The third kappa shape index (κ3) is 4.50. The topological polar surface area (TPSA) is 75.7 Å². The first-order valence-electron chi connectivity index (χ1n) is 9.77. The highest BCUT2D eigenvalue weighted by molar-refractivity contribution is 7.12. The summed E-state index contributed by atoms with van der Waals surface area (Å²) in [4.78, 5) is 40.4. The summed E-state index contributed by atoms with van der Waals surface area (Å²) in [6.45, 7) is 7.61. The fraction of sp³-hybridized carbons (Fsp3) is 0.409. The smallest absolute Gasteiger partial charge is 0.268 e. The number of nitrogens with one attached hydrogen (secondary N) is 1. The van der Waals surface area contributed by atoms with Gasteiger partial charge in [0.15, 0.2) is 6.10 Å². The molecule has 0 saturated heterocycles. The SMILES string of the molecule is CCC1Oc2ccc(C(=O)c3cccs3)cc2N(CC(=O)NC(C)(C)CC)C1=O. The normalized spacial score (nSPS) is 16.2. The van der Waals surface area contributed by atoms with Gasteiger partial charge in [-0.25, -0.2) is 0 Å². The van der Waals surface area contributed by atoms with Gasteiger partial charge in [0.2, 0.25) is 11.7 Å². The molecule has 1 unspecified atom stereocenters. The van der Waals surface area contributed by atoms with Crippen LogP contribution < -0.4 is 15.0 Å². The number of nitrogens with zero attached hydrogens (tertiary/aromatic N) is 1. The molecule has 0 saturated carbocycles. The molecule has 2 amide bonds. The summed E-state index contributed by atoms with van der Waals surface area (Å²) in [5.74, 6) is -0.140. The summed E-state index contributed by atoms with van der Waals surface area (Å²) in [6.07, 6.45) is 0.615. The van der Waals surface area contributed by atoms with Crippen molar-refractivity contribution in [3.8, 4) is 5.75 Å². The number of ether oxygens (including phenoxy) is 1. The van der Waals surface area contributed by atoms with E-state index in [0.29, 0.717) is 28.3 Å². The molecule has 1 aromatic carbocycles. The fourth-order valence-corrected chi connectivity index (χ4v) is 3.77. The van der Waals surface area contributed by atoms with E-state index in [1.165, 1.54) is 16.2 Å². The van der Waals surface area contributed by atoms with E-state index in [1.807, 2.05) is 39.1 Å². The highest BCUT2D eigenvalue weighted by Crippen LogP contribution is 2.36. The molecule has 1 aliphatic rings. The van der Waals surface area contributed by atoms with Gasteiger partial charge in [0.1, 0.15) is 12.3 Å². The first kappa shape index (κ1) is 21.0. The van der Waals surface area contributed by atoms with E-state index in [0.717, 1.165) is 6.42 Å². The molecule has 0 bridgehead atoms. The molecule has 0 spiro atoms. The summed E-state index contributed by atoms with van der Waals surface area (Å²) < 4.78 is 5.82. The van der Waals surface area contributed by atoms with Crippen molar-refractivity contribution in [1.29, 1.82) is 0 Å². The summed E-state index contributed by atoms with van der Waals surface area (Å²) in [5.41, 5.74) is 0.541. The van der Waals surface area contributed by atoms with E-state index in [1.54, 1.807) is 24.3 Å². The number of anilines is 1. The Kier molecular flexibility index (Phi) is 6.07. The number of thiophene rings is 1. The van der Waals surface area contributed by atoms with Crippen molar-refractivity contribution in [1.82, 2.24) is 5.32 Å². The van der Waals surface area contributed by atoms with E-state index in [4.69, 9.17) is 4.74 Å². The molecule has 1 N–H and O–H groups in total. The zero-order valence-electron chi connectivity index (χ0n) is 17.2. The van der Waals surface area contributed by atoms with Crippen LogP contribution in [-0.2, 0) is 9.59 Å². The van der Waals surface area contributed by atoms with E-state index in [9.17, 15) is 14.4 Å². The molecule has 1 aromatic heterocycles. The number of hydrogen-bond donors (Lipinski definition) is 1. The minimum atomic E-state index is -0.645. The van der Waals surface area contributed by atoms with Gasteiger partial charge in [0, 0.05) is 11.1 Å². The van der Waals surface area contributed by atoms with Gasteiger partial charge in [0.25, 0.3) is 5.91 Å². The third-order valence-corrected chi connectivity index (χ3v) is 5.97. The number of benzene rings is 1. The second-order valence-electron chi connectivity index (χ2n) is 7.71. The highest BCUT2D eigenvalue weighted by Gasteiger charge is 2.35. The van der Waals surface area contributed by atoms with Crippen LogP contribution in [0, 0.1) is 0 Å². The van der Waals surface area contributed by atoms with Crippen LogP contribution in [-0.4, -0.2) is 35.8 Å². The molecule has 2 heterocycles. The standard InChI is InChI=1S/C22H26N2O4S/c1-5-16-21(27)24(13-19(25)23-22(3,4)6-2)15-12-14(9-10-17(15)28-16)20(26)18-8-7-11-29-18/h7-12,16H,5-6,13H2,1-4H3,(H,23,25). The molecule has 1 aliphatic heterocycles. The van der Waals surface area contributed by atoms with Gasteiger partial charge in [-0.15, -0.1) is 11.3 Å². The largest absolute Gasteiger partial charge is 0.478 e. The number of carbonyl (C=O) groups excluding carboxylic acids is 3. The average molecular weight is 415 g/mol. The van der Waals surface area contributed by atoms with Crippen molar-refractivity contribution in [2.45, 2.75) is 52.2 Å². The molecule has 0 fully saturated rings. The lowest BCUT2D eigenvalue weighted by Gasteiger charge is -2.35.